The Hall–Kier alpha value is -3.23. The predicted octanol–water partition coefficient (Wildman–Crippen LogP) is 4.08. The predicted molar refractivity (Wildman–Crippen MR) is 108 cm³/mol. The molecule has 0 aromatic heterocycles. The number of carbonyl (C=O) groups excluding carboxylic acids is 1. The minimum atomic E-state index is -4.40. The van der Waals surface area contributed by atoms with Crippen LogP contribution in [-0.2, 0) is 11.0 Å². The molecule has 1 aliphatic heterocycles. The number of nitrogens with zero attached hydrogens (tertiary/aromatic N) is 2. The SMILES string of the molecule is CCC(=O)Nc1ccc(N2CCN(c3cccc(C(F)(F)F)c3)CC2)c(C(=O)O)c1. The number of aromatic carboxylic acids is 1. The number of rotatable bonds is 5. The highest BCUT2D eigenvalue weighted by Crippen LogP contribution is 2.32. The van der Waals surface area contributed by atoms with Gasteiger partial charge in [-0.05, 0) is 36.4 Å². The van der Waals surface area contributed by atoms with E-state index in [4.69, 9.17) is 0 Å². The Morgan fingerprint density at radius 2 is 1.70 bits per heavy atom. The second kappa shape index (κ2) is 8.64. The summed E-state index contributed by atoms with van der Waals surface area (Å²) in [7, 11) is 0. The first-order chi connectivity index (χ1) is 14.2. The molecular formula is C21H22F3N3O3. The second-order valence-electron chi connectivity index (χ2n) is 6.96. The Balaban J connectivity index is 1.75. The van der Waals surface area contributed by atoms with E-state index in [2.05, 4.69) is 5.32 Å². The molecule has 0 atom stereocenters. The van der Waals surface area contributed by atoms with Gasteiger partial charge >= 0.3 is 12.1 Å². The number of carboxylic acids is 1. The lowest BCUT2D eigenvalue weighted by atomic mass is 10.1. The van der Waals surface area contributed by atoms with E-state index in [0.29, 0.717) is 43.2 Å². The number of hydrogen-bond acceptors (Lipinski definition) is 4. The van der Waals surface area contributed by atoms with Crippen LogP contribution in [0.15, 0.2) is 42.5 Å². The zero-order chi connectivity index (χ0) is 21.9. The molecule has 30 heavy (non-hydrogen) atoms. The quantitative estimate of drug-likeness (QED) is 0.761. The average Bonchev–Trinajstić information content (AvgIpc) is 2.73. The molecule has 2 N–H and O–H groups in total. The van der Waals surface area contributed by atoms with Crippen molar-refractivity contribution in [2.75, 3.05) is 41.3 Å². The van der Waals surface area contributed by atoms with Crippen LogP contribution in [0.5, 0.6) is 0 Å². The average molecular weight is 421 g/mol. The van der Waals surface area contributed by atoms with Crippen molar-refractivity contribution in [3.63, 3.8) is 0 Å². The van der Waals surface area contributed by atoms with Crippen LogP contribution in [-0.4, -0.2) is 43.2 Å². The van der Waals surface area contributed by atoms with Gasteiger partial charge in [0.15, 0.2) is 0 Å². The maximum atomic E-state index is 13.0. The number of amides is 1. The van der Waals surface area contributed by atoms with Crippen molar-refractivity contribution in [2.24, 2.45) is 0 Å². The Morgan fingerprint density at radius 3 is 2.30 bits per heavy atom. The van der Waals surface area contributed by atoms with Gasteiger partial charge in [-0.25, -0.2) is 4.79 Å². The van der Waals surface area contributed by atoms with Gasteiger partial charge in [0.05, 0.1) is 16.8 Å². The van der Waals surface area contributed by atoms with Gasteiger partial charge in [0.25, 0.3) is 0 Å². The molecular weight excluding hydrogens is 399 g/mol. The molecule has 6 nitrogen and oxygen atoms in total. The molecule has 1 fully saturated rings. The lowest BCUT2D eigenvalue weighted by Gasteiger charge is -2.38. The van der Waals surface area contributed by atoms with Gasteiger partial charge in [0, 0.05) is 44.0 Å². The van der Waals surface area contributed by atoms with Gasteiger partial charge < -0.3 is 20.2 Å². The van der Waals surface area contributed by atoms with Crippen LogP contribution in [0, 0.1) is 0 Å². The summed E-state index contributed by atoms with van der Waals surface area (Å²) in [6.45, 7) is 3.52. The van der Waals surface area contributed by atoms with Crippen molar-refractivity contribution in [1.29, 1.82) is 0 Å². The van der Waals surface area contributed by atoms with Crippen molar-refractivity contribution in [3.05, 3.63) is 53.6 Å². The Bertz CT molecular complexity index is 939. The van der Waals surface area contributed by atoms with Crippen LogP contribution in [0.1, 0.15) is 29.3 Å². The standard InChI is InChI=1S/C21H22F3N3O3/c1-2-19(28)25-15-6-7-18(17(13-15)20(29)30)27-10-8-26(9-11-27)16-5-3-4-14(12-16)21(22,23)24/h3-7,12-13H,2,8-11H2,1H3,(H,25,28)(H,29,30). The van der Waals surface area contributed by atoms with Gasteiger partial charge in [-0.15, -0.1) is 0 Å². The maximum Gasteiger partial charge on any atom is 0.416 e. The molecule has 0 aliphatic carbocycles. The van der Waals surface area contributed by atoms with E-state index in [0.717, 1.165) is 12.1 Å². The number of anilines is 3. The van der Waals surface area contributed by atoms with Crippen LogP contribution in [0.3, 0.4) is 0 Å². The molecule has 3 rings (SSSR count). The van der Waals surface area contributed by atoms with Gasteiger partial charge in [0.1, 0.15) is 0 Å². The third-order valence-electron chi connectivity index (χ3n) is 4.99. The molecule has 1 saturated heterocycles. The highest BCUT2D eigenvalue weighted by Gasteiger charge is 2.31. The summed E-state index contributed by atoms with van der Waals surface area (Å²) in [5.41, 5.74) is 0.781. The number of halogens is 3. The first kappa shape index (κ1) is 21.5. The van der Waals surface area contributed by atoms with E-state index in [9.17, 15) is 27.9 Å². The highest BCUT2D eigenvalue weighted by molar-refractivity contribution is 5.98. The van der Waals surface area contributed by atoms with E-state index < -0.39 is 17.7 Å². The summed E-state index contributed by atoms with van der Waals surface area (Å²) in [6, 6.07) is 9.91. The molecule has 0 saturated carbocycles. The Morgan fingerprint density at radius 1 is 1.03 bits per heavy atom. The summed E-state index contributed by atoms with van der Waals surface area (Å²) in [5, 5.41) is 12.2. The molecule has 0 spiro atoms. The fourth-order valence-electron chi connectivity index (χ4n) is 3.39. The molecule has 2 aromatic rings. The van der Waals surface area contributed by atoms with Crippen LogP contribution < -0.4 is 15.1 Å². The molecule has 1 amide bonds. The van der Waals surface area contributed by atoms with Crippen LogP contribution >= 0.6 is 0 Å². The highest BCUT2D eigenvalue weighted by atomic mass is 19.4. The fourth-order valence-corrected chi connectivity index (χ4v) is 3.39. The molecule has 9 heteroatoms. The van der Waals surface area contributed by atoms with Crippen LogP contribution in [0.25, 0.3) is 0 Å². The van der Waals surface area contributed by atoms with Gasteiger partial charge in [-0.2, -0.15) is 13.2 Å². The zero-order valence-electron chi connectivity index (χ0n) is 16.4. The largest absolute Gasteiger partial charge is 0.478 e. The monoisotopic (exact) mass is 421 g/mol. The second-order valence-corrected chi connectivity index (χ2v) is 6.96. The van der Waals surface area contributed by atoms with E-state index in [-0.39, 0.29) is 17.9 Å². The summed E-state index contributed by atoms with van der Waals surface area (Å²) in [5.74, 6) is -1.33. The molecule has 0 bridgehead atoms. The maximum absolute atomic E-state index is 13.0. The summed E-state index contributed by atoms with van der Waals surface area (Å²) < 4.78 is 38.9. The third-order valence-corrected chi connectivity index (χ3v) is 4.99. The first-order valence-corrected chi connectivity index (χ1v) is 9.53. The number of alkyl halides is 3. The van der Waals surface area contributed by atoms with Crippen molar-refractivity contribution in [3.8, 4) is 0 Å². The molecule has 160 valence electrons. The Kier molecular flexibility index (Phi) is 6.19. The summed E-state index contributed by atoms with van der Waals surface area (Å²) in [6.07, 6.45) is -4.12. The normalized spacial score (nSPS) is 14.5. The van der Waals surface area contributed by atoms with Crippen molar-refractivity contribution in [1.82, 2.24) is 0 Å². The van der Waals surface area contributed by atoms with E-state index in [1.807, 2.05) is 9.80 Å². The molecule has 0 unspecified atom stereocenters. The van der Waals surface area contributed by atoms with Crippen molar-refractivity contribution >= 4 is 28.9 Å². The summed E-state index contributed by atoms with van der Waals surface area (Å²) in [4.78, 5) is 27.0. The number of piperazine rings is 1. The van der Waals surface area contributed by atoms with Crippen molar-refractivity contribution < 1.29 is 27.9 Å². The Labute approximate surface area is 171 Å². The topological polar surface area (TPSA) is 72.9 Å². The lowest BCUT2D eigenvalue weighted by molar-refractivity contribution is -0.137. The minimum absolute atomic E-state index is 0.0661. The molecule has 1 heterocycles. The molecule has 2 aromatic carbocycles. The zero-order valence-corrected chi connectivity index (χ0v) is 16.4. The molecule has 1 aliphatic rings. The fraction of sp³-hybridized carbons (Fsp3) is 0.333. The lowest BCUT2D eigenvalue weighted by Crippen LogP contribution is -2.47. The summed E-state index contributed by atoms with van der Waals surface area (Å²) >= 11 is 0. The van der Waals surface area contributed by atoms with Crippen LogP contribution in [0.2, 0.25) is 0 Å². The third kappa shape index (κ3) is 4.84. The van der Waals surface area contributed by atoms with E-state index in [1.54, 1.807) is 25.1 Å². The van der Waals surface area contributed by atoms with Gasteiger partial charge in [0.2, 0.25) is 5.91 Å². The van der Waals surface area contributed by atoms with Gasteiger partial charge in [-0.3, -0.25) is 4.79 Å². The van der Waals surface area contributed by atoms with E-state index >= 15 is 0 Å². The van der Waals surface area contributed by atoms with E-state index in [1.165, 1.54) is 12.1 Å². The van der Waals surface area contributed by atoms with Gasteiger partial charge in [-0.1, -0.05) is 13.0 Å². The minimum Gasteiger partial charge on any atom is -0.478 e. The van der Waals surface area contributed by atoms with Crippen molar-refractivity contribution in [2.45, 2.75) is 19.5 Å². The number of nitrogens with one attached hydrogen (secondary N) is 1. The number of benzene rings is 2. The number of carbonyl (C=O) groups is 2. The van der Waals surface area contributed by atoms with Crippen LogP contribution in [0.4, 0.5) is 30.2 Å². The number of hydrogen-bond donors (Lipinski definition) is 2. The molecule has 0 radical (unpaired) electrons. The smallest absolute Gasteiger partial charge is 0.416 e. The number of carboxylic acid groups (broad SMARTS) is 1. The first-order valence-electron chi connectivity index (χ1n) is 9.53.